The van der Waals surface area contributed by atoms with Gasteiger partial charge in [-0.25, -0.2) is 9.37 Å². The maximum absolute atomic E-state index is 14.2. The summed E-state index contributed by atoms with van der Waals surface area (Å²) >= 11 is 1.49. The number of nitrogen functional groups attached to an aromatic ring is 1. The van der Waals surface area contributed by atoms with Crippen LogP contribution in [0, 0.1) is 11.3 Å². The average Bonchev–Trinajstić information content (AvgIpc) is 3.74. The van der Waals surface area contributed by atoms with Gasteiger partial charge in [0.15, 0.2) is 17.3 Å². The van der Waals surface area contributed by atoms with E-state index < -0.39 is 11.6 Å². The maximum Gasteiger partial charge on any atom is 0.217 e. The van der Waals surface area contributed by atoms with Crippen LogP contribution in [0.25, 0.3) is 22.9 Å². The van der Waals surface area contributed by atoms with E-state index in [-0.39, 0.29) is 12.1 Å². The van der Waals surface area contributed by atoms with Crippen LogP contribution < -0.4 is 10.5 Å². The minimum Gasteiger partial charge on any atom is -0.473 e. The van der Waals surface area contributed by atoms with Crippen LogP contribution in [-0.4, -0.2) is 66.9 Å². The molecule has 0 amide bonds. The van der Waals surface area contributed by atoms with Crippen molar-refractivity contribution >= 4 is 16.3 Å². The van der Waals surface area contributed by atoms with Crippen molar-refractivity contribution in [2.75, 3.05) is 19.3 Å². The lowest BCUT2D eigenvalue weighted by Crippen LogP contribution is -2.38. The van der Waals surface area contributed by atoms with Crippen molar-refractivity contribution in [2.45, 2.75) is 83.0 Å². The molecule has 0 unspecified atom stereocenters. The number of halogens is 1. The first-order chi connectivity index (χ1) is 20.6. The number of nitrogens with two attached hydrogens (primary N) is 1. The lowest BCUT2D eigenvalue weighted by atomic mass is 9.69. The van der Waals surface area contributed by atoms with Crippen molar-refractivity contribution in [2.24, 2.45) is 7.05 Å². The van der Waals surface area contributed by atoms with Crippen molar-refractivity contribution in [3.8, 4) is 34.9 Å². The van der Waals surface area contributed by atoms with E-state index in [0.29, 0.717) is 64.5 Å². The van der Waals surface area contributed by atoms with Crippen molar-refractivity contribution in [1.82, 2.24) is 35.0 Å². The number of likely N-dealkylation sites (tertiary alicyclic amines) is 1. The average molecular weight is 606 g/mol. The van der Waals surface area contributed by atoms with Gasteiger partial charge in [0, 0.05) is 36.1 Å². The van der Waals surface area contributed by atoms with Crippen LogP contribution in [0.3, 0.4) is 0 Å². The smallest absolute Gasteiger partial charge is 0.217 e. The van der Waals surface area contributed by atoms with Crippen molar-refractivity contribution in [1.29, 1.82) is 5.26 Å². The topological polar surface area (TPSA) is 145 Å². The van der Waals surface area contributed by atoms with Gasteiger partial charge in [-0.05, 0) is 58.6 Å². The number of aromatic nitrogens is 6. The molecule has 1 aliphatic carbocycles. The summed E-state index contributed by atoms with van der Waals surface area (Å²) in [6.45, 7) is 6.52. The van der Waals surface area contributed by atoms with E-state index in [4.69, 9.17) is 25.0 Å². The van der Waals surface area contributed by atoms with Crippen molar-refractivity contribution < 1.29 is 13.7 Å². The largest absolute Gasteiger partial charge is 0.473 e. The molecule has 13 heteroatoms. The zero-order valence-electron chi connectivity index (χ0n) is 25.1. The van der Waals surface area contributed by atoms with Gasteiger partial charge in [0.1, 0.15) is 34.7 Å². The Morgan fingerprint density at radius 1 is 1.33 bits per heavy atom. The van der Waals surface area contributed by atoms with Gasteiger partial charge in [-0.1, -0.05) is 18.5 Å². The molecular formula is C30H36FN9O2S. The normalized spacial score (nSPS) is 22.8. The third-order valence-corrected chi connectivity index (χ3v) is 9.80. The number of nitrogens with zero attached hydrogens (tertiary/aromatic N) is 8. The molecule has 43 heavy (non-hydrogen) atoms. The van der Waals surface area contributed by atoms with E-state index in [1.807, 2.05) is 18.9 Å². The molecule has 4 aromatic heterocycles. The summed E-state index contributed by atoms with van der Waals surface area (Å²) in [5.74, 6) is 1.40. The molecular weight excluding hydrogens is 569 g/mol. The predicted octanol–water partition coefficient (Wildman–Crippen LogP) is 4.85. The molecule has 226 valence electrons. The summed E-state index contributed by atoms with van der Waals surface area (Å²) in [4.78, 5) is 14.2. The van der Waals surface area contributed by atoms with E-state index >= 15 is 0 Å². The first-order valence-corrected chi connectivity index (χ1v) is 15.5. The van der Waals surface area contributed by atoms with E-state index in [1.54, 1.807) is 19.3 Å². The highest BCUT2D eigenvalue weighted by molar-refractivity contribution is 7.16. The number of thiophene rings is 1. The molecule has 4 aromatic rings. The molecule has 5 heterocycles. The summed E-state index contributed by atoms with van der Waals surface area (Å²) < 4.78 is 26.7. The molecule has 0 bridgehead atoms. The van der Waals surface area contributed by atoms with Crippen LogP contribution in [0.1, 0.15) is 73.8 Å². The monoisotopic (exact) mass is 605 g/mol. The molecule has 0 saturated carbocycles. The second-order valence-corrected chi connectivity index (χ2v) is 13.0. The summed E-state index contributed by atoms with van der Waals surface area (Å²) in [5, 5.41) is 23.8. The number of rotatable bonds is 8. The van der Waals surface area contributed by atoms with Gasteiger partial charge in [0.25, 0.3) is 0 Å². The van der Waals surface area contributed by atoms with Crippen LogP contribution in [-0.2, 0) is 25.3 Å². The lowest BCUT2D eigenvalue weighted by molar-refractivity contribution is 0.117. The minimum atomic E-state index is -0.885. The summed E-state index contributed by atoms with van der Waals surface area (Å²) in [7, 11) is 3.65. The zero-order valence-corrected chi connectivity index (χ0v) is 25.9. The third kappa shape index (κ3) is 5.16. The molecule has 2 aliphatic rings. The van der Waals surface area contributed by atoms with Gasteiger partial charge in [0.2, 0.25) is 5.88 Å². The van der Waals surface area contributed by atoms with Crippen LogP contribution in [0.15, 0.2) is 16.8 Å². The second-order valence-electron chi connectivity index (χ2n) is 11.8. The number of hydrogen-bond acceptors (Lipinski definition) is 11. The van der Waals surface area contributed by atoms with E-state index in [1.165, 1.54) is 16.1 Å². The van der Waals surface area contributed by atoms with E-state index in [2.05, 4.69) is 35.3 Å². The molecule has 2 N–H and O–H groups in total. The Bertz CT molecular complexity index is 1690. The number of hydrogen-bond donors (Lipinski definition) is 1. The van der Waals surface area contributed by atoms with Crippen molar-refractivity contribution in [3.05, 3.63) is 39.6 Å². The fraction of sp³-hybridized carbons (Fsp3) is 0.533. The number of alkyl halides is 1. The Morgan fingerprint density at radius 3 is 2.81 bits per heavy atom. The Hall–Kier alpha value is -3.89. The number of fused-ring (bicyclic) bond motifs is 1. The highest BCUT2D eigenvalue weighted by Crippen LogP contribution is 2.50. The van der Waals surface area contributed by atoms with Gasteiger partial charge in [-0.3, -0.25) is 4.90 Å². The summed E-state index contributed by atoms with van der Waals surface area (Å²) in [5.41, 5.74) is 9.71. The Balaban J connectivity index is 1.46. The third-order valence-electron chi connectivity index (χ3n) is 8.72. The summed E-state index contributed by atoms with van der Waals surface area (Å²) in [6.07, 6.45) is 4.97. The van der Waals surface area contributed by atoms with Gasteiger partial charge in [-0.15, -0.1) is 11.3 Å². The molecule has 1 aliphatic heterocycles. The minimum absolute atomic E-state index is 0.0875. The van der Waals surface area contributed by atoms with Crippen LogP contribution in [0.4, 0.5) is 9.39 Å². The zero-order chi connectivity index (χ0) is 30.5. The van der Waals surface area contributed by atoms with E-state index in [0.717, 1.165) is 41.7 Å². The van der Waals surface area contributed by atoms with Crippen LogP contribution in [0.2, 0.25) is 0 Å². The molecule has 1 saturated heterocycles. The van der Waals surface area contributed by atoms with Gasteiger partial charge >= 0.3 is 0 Å². The highest BCUT2D eigenvalue weighted by atomic mass is 32.1. The lowest BCUT2D eigenvalue weighted by Gasteiger charge is -2.33. The molecule has 0 spiro atoms. The Kier molecular flexibility index (Phi) is 7.68. The van der Waals surface area contributed by atoms with Crippen LogP contribution >= 0.6 is 11.3 Å². The first-order valence-electron chi connectivity index (χ1n) is 14.7. The number of anilines is 1. The Morgan fingerprint density at radius 2 is 2.14 bits per heavy atom. The number of aryl methyl sites for hydroxylation is 2. The highest BCUT2D eigenvalue weighted by Gasteiger charge is 2.44. The van der Waals surface area contributed by atoms with Gasteiger partial charge < -0.3 is 15.0 Å². The number of nitriles is 1. The fourth-order valence-electron chi connectivity index (χ4n) is 6.69. The molecule has 4 atom stereocenters. The SMILES string of the molecule is CCCc1c(-c2nc(O[C@@H](C)[C@@H]3C[C@@H](F)CN3C)cc(-c3cnn(C)n3)n2)noc1[C@@]1(C)CCCc2sc(N)c(C#N)c21. The quantitative estimate of drug-likeness (QED) is 0.296. The second kappa shape index (κ2) is 11.3. The molecule has 11 nitrogen and oxygen atoms in total. The van der Waals surface area contributed by atoms with Gasteiger partial charge in [-0.2, -0.15) is 25.2 Å². The predicted molar refractivity (Wildman–Crippen MR) is 160 cm³/mol. The molecule has 0 radical (unpaired) electrons. The molecule has 6 rings (SSSR count). The Labute approximate surface area is 253 Å². The van der Waals surface area contributed by atoms with Gasteiger partial charge in [0.05, 0.1) is 17.2 Å². The first kappa shape index (κ1) is 29.2. The number of likely N-dealkylation sites (N-methyl/N-ethyl adjacent to an activating group) is 1. The van der Waals surface area contributed by atoms with Crippen molar-refractivity contribution in [3.63, 3.8) is 0 Å². The van der Waals surface area contributed by atoms with E-state index in [9.17, 15) is 9.65 Å². The molecule has 0 aromatic carbocycles. The maximum atomic E-state index is 14.2. The number of ether oxygens (including phenoxy) is 1. The molecule has 1 fully saturated rings. The standard InChI is InChI=1S/C30H36FN9O2S/c1-6-8-18-26(38-42-27(18)30(3)10-7-9-23-25(30)19(13-32)28(33)43-23)29-35-20(21-14-34-40(5)37-21)12-24(36-29)41-16(2)22-11-17(31)15-39(22)4/h12,14,16-17,22H,6-11,15,33H2,1-5H3/t16-,17+,22-,30-/m0/s1. The summed E-state index contributed by atoms with van der Waals surface area (Å²) in [6, 6.07) is 3.98. The van der Waals surface area contributed by atoms with Crippen LogP contribution in [0.5, 0.6) is 5.88 Å². The fourth-order valence-corrected chi connectivity index (χ4v) is 7.88.